The lowest BCUT2D eigenvalue weighted by Gasteiger charge is -2.03. The molecule has 0 amide bonds. The average molecular weight is 278 g/mol. The Bertz CT molecular complexity index is 522. The van der Waals surface area contributed by atoms with E-state index in [2.05, 4.69) is 32.4 Å². The zero-order chi connectivity index (χ0) is 13.7. The Hall–Kier alpha value is -1.47. The lowest BCUT2D eigenvalue weighted by Crippen LogP contribution is -2.14. The number of hydrogen-bond donors (Lipinski definition) is 1. The lowest BCUT2D eigenvalue weighted by molar-refractivity contribution is 0.669. The summed E-state index contributed by atoms with van der Waals surface area (Å²) in [7, 11) is 1.93. The van der Waals surface area contributed by atoms with E-state index < -0.39 is 0 Å². The number of rotatable bonds is 6. The average Bonchev–Trinajstić information content (AvgIpc) is 2.73. The summed E-state index contributed by atoms with van der Waals surface area (Å²) < 4.78 is 1.92. The minimum absolute atomic E-state index is 0.690. The summed E-state index contributed by atoms with van der Waals surface area (Å²) in [6, 6.07) is 0. The number of nitrogens with zero attached hydrogens (tertiary/aromatic N) is 5. The molecule has 0 fully saturated rings. The summed E-state index contributed by atoms with van der Waals surface area (Å²) in [5.41, 5.74) is 1.09. The summed E-state index contributed by atoms with van der Waals surface area (Å²) >= 11 is 1.42. The van der Waals surface area contributed by atoms with Gasteiger partial charge in [0, 0.05) is 31.5 Å². The van der Waals surface area contributed by atoms with Gasteiger partial charge in [-0.2, -0.15) is 0 Å². The zero-order valence-electron chi connectivity index (χ0n) is 11.4. The Labute approximate surface area is 117 Å². The van der Waals surface area contributed by atoms with Crippen molar-refractivity contribution in [2.24, 2.45) is 7.05 Å². The van der Waals surface area contributed by atoms with Crippen LogP contribution in [0.25, 0.3) is 0 Å². The first kappa shape index (κ1) is 14.0. The van der Waals surface area contributed by atoms with Gasteiger partial charge in [-0.15, -0.1) is 10.2 Å². The Morgan fingerprint density at radius 3 is 2.58 bits per heavy atom. The predicted octanol–water partition coefficient (Wildman–Crippen LogP) is 1.56. The van der Waals surface area contributed by atoms with E-state index in [1.165, 1.54) is 11.8 Å². The second-order valence-electron chi connectivity index (χ2n) is 4.24. The van der Waals surface area contributed by atoms with E-state index in [9.17, 15) is 0 Å². The van der Waals surface area contributed by atoms with E-state index in [-0.39, 0.29) is 0 Å². The molecule has 0 aliphatic heterocycles. The predicted molar refractivity (Wildman–Crippen MR) is 73.9 cm³/mol. The van der Waals surface area contributed by atoms with Crippen LogP contribution in [0, 0.1) is 6.92 Å². The van der Waals surface area contributed by atoms with Gasteiger partial charge in [0.05, 0.1) is 0 Å². The van der Waals surface area contributed by atoms with Crippen LogP contribution in [0.15, 0.2) is 22.7 Å². The molecule has 2 aromatic rings. The molecule has 0 saturated carbocycles. The molecule has 102 valence electrons. The summed E-state index contributed by atoms with van der Waals surface area (Å²) in [5, 5.41) is 12.9. The summed E-state index contributed by atoms with van der Waals surface area (Å²) in [6.07, 6.45) is 4.82. The fourth-order valence-electron chi connectivity index (χ4n) is 1.45. The molecule has 2 aromatic heterocycles. The fraction of sp³-hybridized carbons (Fsp3) is 0.500. The van der Waals surface area contributed by atoms with Crippen LogP contribution in [0.1, 0.15) is 24.7 Å². The van der Waals surface area contributed by atoms with Crippen molar-refractivity contribution in [2.75, 3.05) is 6.54 Å². The first-order valence-corrected chi connectivity index (χ1v) is 7.08. The monoisotopic (exact) mass is 278 g/mol. The van der Waals surface area contributed by atoms with E-state index in [0.717, 1.165) is 36.1 Å². The molecule has 0 spiro atoms. The molecule has 19 heavy (non-hydrogen) atoms. The van der Waals surface area contributed by atoms with E-state index in [0.29, 0.717) is 5.16 Å². The highest BCUT2D eigenvalue weighted by atomic mass is 32.2. The van der Waals surface area contributed by atoms with Crippen LogP contribution in [0.2, 0.25) is 0 Å². The smallest absolute Gasteiger partial charge is 0.198 e. The summed E-state index contributed by atoms with van der Waals surface area (Å²) in [4.78, 5) is 8.67. The van der Waals surface area contributed by atoms with Crippen LogP contribution in [-0.4, -0.2) is 31.3 Å². The first-order valence-electron chi connectivity index (χ1n) is 6.26. The van der Waals surface area contributed by atoms with Crippen LogP contribution in [0.3, 0.4) is 0 Å². The highest BCUT2D eigenvalue weighted by Gasteiger charge is 2.08. The maximum absolute atomic E-state index is 4.33. The lowest BCUT2D eigenvalue weighted by atomic mass is 10.3. The second-order valence-corrected chi connectivity index (χ2v) is 5.18. The van der Waals surface area contributed by atoms with Gasteiger partial charge in [0.25, 0.3) is 0 Å². The van der Waals surface area contributed by atoms with Crippen molar-refractivity contribution in [3.63, 3.8) is 0 Å². The quantitative estimate of drug-likeness (QED) is 0.639. The Kier molecular flexibility index (Phi) is 4.86. The third-order valence-electron chi connectivity index (χ3n) is 2.67. The summed E-state index contributed by atoms with van der Waals surface area (Å²) in [6.45, 7) is 5.88. The van der Waals surface area contributed by atoms with E-state index in [1.807, 2.05) is 30.9 Å². The van der Waals surface area contributed by atoms with Gasteiger partial charge in [-0.25, -0.2) is 9.97 Å². The summed E-state index contributed by atoms with van der Waals surface area (Å²) in [5.74, 6) is 0.878. The van der Waals surface area contributed by atoms with Crippen molar-refractivity contribution in [2.45, 2.75) is 37.1 Å². The molecular weight excluding hydrogens is 260 g/mol. The SMILES string of the molecule is CCCNCc1cnc(Sc2nnc(C)n2C)nc1. The minimum atomic E-state index is 0.690. The van der Waals surface area contributed by atoms with Gasteiger partial charge < -0.3 is 9.88 Å². The van der Waals surface area contributed by atoms with E-state index in [1.54, 1.807) is 0 Å². The van der Waals surface area contributed by atoms with Gasteiger partial charge in [-0.1, -0.05) is 6.92 Å². The van der Waals surface area contributed by atoms with Crippen LogP contribution >= 0.6 is 11.8 Å². The molecule has 0 aliphatic rings. The normalized spacial score (nSPS) is 10.9. The maximum Gasteiger partial charge on any atom is 0.198 e. The van der Waals surface area contributed by atoms with Crippen LogP contribution < -0.4 is 5.32 Å². The van der Waals surface area contributed by atoms with Crippen LogP contribution in [-0.2, 0) is 13.6 Å². The second kappa shape index (κ2) is 6.63. The van der Waals surface area contributed by atoms with E-state index in [4.69, 9.17) is 0 Å². The molecule has 1 N–H and O–H groups in total. The molecule has 0 aromatic carbocycles. The van der Waals surface area contributed by atoms with Crippen molar-refractivity contribution in [3.05, 3.63) is 23.8 Å². The Balaban J connectivity index is 1.97. The van der Waals surface area contributed by atoms with Gasteiger partial charge in [-0.3, -0.25) is 0 Å². The van der Waals surface area contributed by atoms with Gasteiger partial charge >= 0.3 is 0 Å². The number of nitrogens with one attached hydrogen (secondary N) is 1. The van der Waals surface area contributed by atoms with E-state index >= 15 is 0 Å². The molecule has 2 heterocycles. The molecule has 0 saturated heterocycles. The minimum Gasteiger partial charge on any atom is -0.313 e. The van der Waals surface area contributed by atoms with Gasteiger partial charge in [0.2, 0.25) is 0 Å². The van der Waals surface area contributed by atoms with Crippen molar-refractivity contribution >= 4 is 11.8 Å². The molecular formula is C12H18N6S. The number of aryl methyl sites for hydroxylation is 1. The first-order chi connectivity index (χ1) is 9.20. The molecule has 0 aliphatic carbocycles. The molecule has 6 nitrogen and oxygen atoms in total. The van der Waals surface area contributed by atoms with Crippen molar-refractivity contribution in [1.82, 2.24) is 30.0 Å². The zero-order valence-corrected chi connectivity index (χ0v) is 12.2. The maximum atomic E-state index is 4.33. The molecule has 7 heteroatoms. The van der Waals surface area contributed by atoms with Crippen molar-refractivity contribution < 1.29 is 0 Å². The van der Waals surface area contributed by atoms with Gasteiger partial charge in [0.1, 0.15) is 5.82 Å². The fourth-order valence-corrected chi connectivity index (χ4v) is 2.18. The number of aromatic nitrogens is 5. The Morgan fingerprint density at radius 2 is 2.00 bits per heavy atom. The van der Waals surface area contributed by atoms with Gasteiger partial charge in [0.15, 0.2) is 10.3 Å². The van der Waals surface area contributed by atoms with Gasteiger partial charge in [-0.05, 0) is 31.7 Å². The number of hydrogen-bond acceptors (Lipinski definition) is 6. The largest absolute Gasteiger partial charge is 0.313 e. The van der Waals surface area contributed by atoms with Crippen molar-refractivity contribution in [3.8, 4) is 0 Å². The third-order valence-corrected chi connectivity index (χ3v) is 3.60. The highest BCUT2D eigenvalue weighted by Crippen LogP contribution is 2.21. The molecule has 2 rings (SSSR count). The van der Waals surface area contributed by atoms with Crippen LogP contribution in [0.4, 0.5) is 0 Å². The third kappa shape index (κ3) is 3.74. The van der Waals surface area contributed by atoms with Crippen LogP contribution in [0.5, 0.6) is 0 Å². The standard InChI is InChI=1S/C12H18N6S/c1-4-5-13-6-10-7-14-11(15-8-10)19-12-17-16-9(2)18(12)3/h7-8,13H,4-6H2,1-3H3. The molecule has 0 unspecified atom stereocenters. The Morgan fingerprint density at radius 1 is 1.26 bits per heavy atom. The topological polar surface area (TPSA) is 68.5 Å². The van der Waals surface area contributed by atoms with Crippen molar-refractivity contribution in [1.29, 1.82) is 0 Å². The molecule has 0 radical (unpaired) electrons. The highest BCUT2D eigenvalue weighted by molar-refractivity contribution is 7.99. The molecule has 0 atom stereocenters. The molecule has 0 bridgehead atoms.